The third-order valence-corrected chi connectivity index (χ3v) is 2.59. The Morgan fingerprint density at radius 1 is 1.05 bits per heavy atom. The van der Waals surface area contributed by atoms with Crippen LogP contribution in [0, 0.1) is 17.0 Å². The van der Waals surface area contributed by atoms with Crippen molar-refractivity contribution in [3.05, 3.63) is 64.2 Å². The highest BCUT2D eigenvalue weighted by Crippen LogP contribution is 2.17. The van der Waals surface area contributed by atoms with Crippen LogP contribution in [0.2, 0.25) is 0 Å². The second-order valence-electron chi connectivity index (χ2n) is 4.26. The zero-order valence-corrected chi connectivity index (χ0v) is 10.8. The summed E-state index contributed by atoms with van der Waals surface area (Å²) in [5, 5.41) is 15.9. The van der Waals surface area contributed by atoms with Crippen LogP contribution in [0.3, 0.4) is 0 Å². The van der Waals surface area contributed by atoms with Gasteiger partial charge in [0, 0.05) is 23.5 Å². The molecular weight excluding hydrogens is 258 g/mol. The number of aryl methyl sites for hydroxylation is 1. The van der Waals surface area contributed by atoms with Gasteiger partial charge < -0.3 is 10.6 Å². The van der Waals surface area contributed by atoms with Crippen LogP contribution in [-0.4, -0.2) is 11.0 Å². The predicted octanol–water partition coefficient (Wildman–Crippen LogP) is 3.55. The maximum atomic E-state index is 11.8. The number of benzene rings is 2. The lowest BCUT2D eigenvalue weighted by molar-refractivity contribution is -0.384. The molecular formula is C14H13N3O3. The lowest BCUT2D eigenvalue weighted by atomic mass is 10.2. The Hall–Kier alpha value is -2.89. The second-order valence-corrected chi connectivity index (χ2v) is 4.26. The largest absolute Gasteiger partial charge is 0.323 e. The van der Waals surface area contributed by atoms with E-state index in [1.165, 1.54) is 18.2 Å². The summed E-state index contributed by atoms with van der Waals surface area (Å²) in [6.07, 6.45) is 0. The van der Waals surface area contributed by atoms with Gasteiger partial charge in [0.1, 0.15) is 0 Å². The highest BCUT2D eigenvalue weighted by atomic mass is 16.6. The van der Waals surface area contributed by atoms with Crippen LogP contribution < -0.4 is 10.6 Å². The molecule has 2 N–H and O–H groups in total. The van der Waals surface area contributed by atoms with E-state index < -0.39 is 11.0 Å². The van der Waals surface area contributed by atoms with Gasteiger partial charge in [0.25, 0.3) is 5.69 Å². The molecule has 2 aromatic rings. The van der Waals surface area contributed by atoms with Crippen molar-refractivity contribution in [1.29, 1.82) is 0 Å². The Labute approximate surface area is 115 Å². The Morgan fingerprint density at radius 3 is 2.25 bits per heavy atom. The third-order valence-electron chi connectivity index (χ3n) is 2.59. The number of nitro benzene ring substituents is 1. The molecule has 0 unspecified atom stereocenters. The molecule has 2 aromatic carbocycles. The Morgan fingerprint density at radius 2 is 1.65 bits per heavy atom. The van der Waals surface area contributed by atoms with Gasteiger partial charge in [0.15, 0.2) is 0 Å². The molecule has 6 nitrogen and oxygen atoms in total. The van der Waals surface area contributed by atoms with Crippen LogP contribution in [0.1, 0.15) is 5.56 Å². The van der Waals surface area contributed by atoms with Crippen molar-refractivity contribution in [1.82, 2.24) is 0 Å². The van der Waals surface area contributed by atoms with Crippen molar-refractivity contribution in [2.75, 3.05) is 10.6 Å². The van der Waals surface area contributed by atoms with E-state index in [0.717, 1.165) is 5.56 Å². The fraction of sp³-hybridized carbons (Fsp3) is 0.0714. The Kier molecular flexibility index (Phi) is 3.95. The monoisotopic (exact) mass is 271 g/mol. The lowest BCUT2D eigenvalue weighted by Crippen LogP contribution is -2.19. The number of carbonyl (C=O) groups is 1. The van der Waals surface area contributed by atoms with Crippen LogP contribution in [0.5, 0.6) is 0 Å². The van der Waals surface area contributed by atoms with Crippen molar-refractivity contribution in [3.8, 4) is 0 Å². The topological polar surface area (TPSA) is 84.3 Å². The van der Waals surface area contributed by atoms with Gasteiger partial charge in [0.05, 0.1) is 4.92 Å². The van der Waals surface area contributed by atoms with Crippen LogP contribution in [0.15, 0.2) is 48.5 Å². The molecule has 0 atom stereocenters. The first-order chi connectivity index (χ1) is 9.54. The number of nitrogens with zero attached hydrogens (tertiary/aromatic N) is 1. The molecule has 2 rings (SSSR count). The molecule has 0 heterocycles. The number of urea groups is 1. The Bertz CT molecular complexity index is 656. The minimum Gasteiger partial charge on any atom is -0.308 e. The number of amides is 2. The van der Waals surface area contributed by atoms with E-state index in [0.29, 0.717) is 11.4 Å². The molecule has 6 heteroatoms. The maximum Gasteiger partial charge on any atom is 0.323 e. The average molecular weight is 271 g/mol. The van der Waals surface area contributed by atoms with E-state index >= 15 is 0 Å². The highest BCUT2D eigenvalue weighted by molar-refractivity contribution is 5.99. The zero-order chi connectivity index (χ0) is 14.5. The summed E-state index contributed by atoms with van der Waals surface area (Å²) < 4.78 is 0. The normalized spacial score (nSPS) is 9.85. The van der Waals surface area contributed by atoms with Crippen LogP contribution in [-0.2, 0) is 0 Å². The molecule has 0 fully saturated rings. The van der Waals surface area contributed by atoms with Gasteiger partial charge in [-0.05, 0) is 30.7 Å². The summed E-state index contributed by atoms with van der Waals surface area (Å²) in [4.78, 5) is 21.9. The van der Waals surface area contributed by atoms with Crippen LogP contribution >= 0.6 is 0 Å². The van der Waals surface area contributed by atoms with Gasteiger partial charge in [-0.2, -0.15) is 0 Å². The van der Waals surface area contributed by atoms with Crippen molar-refractivity contribution < 1.29 is 9.72 Å². The standard InChI is InChI=1S/C14H13N3O3/c1-10-4-2-5-11(8-10)15-14(18)16-12-6-3-7-13(9-12)17(19)20/h2-9H,1H3,(H2,15,16,18). The number of rotatable bonds is 3. The molecule has 0 aromatic heterocycles. The minimum atomic E-state index is -0.510. The summed E-state index contributed by atoms with van der Waals surface area (Å²) in [5.74, 6) is 0. The molecule has 0 aliphatic rings. The molecule has 102 valence electrons. The van der Waals surface area contributed by atoms with Gasteiger partial charge in [-0.3, -0.25) is 10.1 Å². The minimum absolute atomic E-state index is 0.0710. The SMILES string of the molecule is Cc1cccc(NC(=O)Nc2cccc([N+](=O)[O-])c2)c1. The fourth-order valence-electron chi connectivity index (χ4n) is 1.71. The van der Waals surface area contributed by atoms with Gasteiger partial charge in [-0.25, -0.2) is 4.79 Å². The van der Waals surface area contributed by atoms with E-state index in [4.69, 9.17) is 0 Å². The third kappa shape index (κ3) is 3.55. The van der Waals surface area contributed by atoms with Gasteiger partial charge in [0.2, 0.25) is 0 Å². The van der Waals surface area contributed by atoms with Crippen molar-refractivity contribution in [3.63, 3.8) is 0 Å². The molecule has 0 aliphatic heterocycles. The average Bonchev–Trinajstić information content (AvgIpc) is 2.38. The van der Waals surface area contributed by atoms with Gasteiger partial charge >= 0.3 is 6.03 Å². The molecule has 0 saturated carbocycles. The second kappa shape index (κ2) is 5.83. The summed E-state index contributed by atoms with van der Waals surface area (Å²) in [6.45, 7) is 1.92. The van der Waals surface area contributed by atoms with E-state index in [2.05, 4.69) is 10.6 Å². The zero-order valence-electron chi connectivity index (χ0n) is 10.8. The van der Waals surface area contributed by atoms with Crippen molar-refractivity contribution >= 4 is 23.1 Å². The summed E-state index contributed by atoms with van der Waals surface area (Å²) >= 11 is 0. The van der Waals surface area contributed by atoms with Crippen LogP contribution in [0.4, 0.5) is 21.9 Å². The maximum absolute atomic E-state index is 11.8. The van der Waals surface area contributed by atoms with Gasteiger partial charge in [-0.1, -0.05) is 18.2 Å². The number of hydrogen-bond acceptors (Lipinski definition) is 3. The predicted molar refractivity (Wildman–Crippen MR) is 76.9 cm³/mol. The quantitative estimate of drug-likeness (QED) is 0.661. The fourth-order valence-corrected chi connectivity index (χ4v) is 1.71. The first kappa shape index (κ1) is 13.5. The van der Waals surface area contributed by atoms with Gasteiger partial charge in [-0.15, -0.1) is 0 Å². The van der Waals surface area contributed by atoms with E-state index in [-0.39, 0.29) is 5.69 Å². The molecule has 0 radical (unpaired) electrons. The van der Waals surface area contributed by atoms with E-state index in [9.17, 15) is 14.9 Å². The molecule has 0 saturated heterocycles. The summed E-state index contributed by atoms with van der Waals surface area (Å²) in [6, 6.07) is 12.7. The molecule has 0 aliphatic carbocycles. The molecule has 0 spiro atoms. The molecule has 20 heavy (non-hydrogen) atoms. The van der Waals surface area contributed by atoms with E-state index in [1.54, 1.807) is 12.1 Å². The number of non-ortho nitro benzene ring substituents is 1. The number of anilines is 2. The summed E-state index contributed by atoms with van der Waals surface area (Å²) in [5.41, 5.74) is 1.98. The van der Waals surface area contributed by atoms with E-state index in [1.807, 2.05) is 25.1 Å². The molecule has 2 amide bonds. The summed E-state index contributed by atoms with van der Waals surface area (Å²) in [7, 11) is 0. The number of hydrogen-bond donors (Lipinski definition) is 2. The lowest BCUT2D eigenvalue weighted by Gasteiger charge is -2.08. The van der Waals surface area contributed by atoms with Crippen molar-refractivity contribution in [2.45, 2.75) is 6.92 Å². The smallest absolute Gasteiger partial charge is 0.308 e. The number of carbonyl (C=O) groups excluding carboxylic acids is 1. The first-order valence-corrected chi connectivity index (χ1v) is 5.94. The number of nitro groups is 1. The van der Waals surface area contributed by atoms with Crippen molar-refractivity contribution in [2.24, 2.45) is 0 Å². The highest BCUT2D eigenvalue weighted by Gasteiger charge is 2.08. The Balaban J connectivity index is 2.04. The number of nitrogens with one attached hydrogen (secondary N) is 2. The first-order valence-electron chi connectivity index (χ1n) is 5.94. The molecule has 0 bridgehead atoms. The van der Waals surface area contributed by atoms with Crippen LogP contribution in [0.25, 0.3) is 0 Å².